The molecule has 0 unspecified atom stereocenters. The third-order valence-corrected chi connectivity index (χ3v) is 3.76. The summed E-state index contributed by atoms with van der Waals surface area (Å²) in [5.41, 5.74) is 1.54. The van der Waals surface area contributed by atoms with E-state index in [-0.39, 0.29) is 12.4 Å². The molecular formula is C12H16FNOS. The first-order valence-corrected chi connectivity index (χ1v) is 6.68. The van der Waals surface area contributed by atoms with Crippen LogP contribution in [0, 0.1) is 5.82 Å². The van der Waals surface area contributed by atoms with Crippen molar-refractivity contribution in [1.82, 2.24) is 0 Å². The Balaban J connectivity index is 2.20. The molecule has 0 aliphatic carbocycles. The Labute approximate surface area is 99.5 Å². The van der Waals surface area contributed by atoms with E-state index >= 15 is 0 Å². The number of aliphatic hydroxyl groups excluding tert-OH is 1. The number of rotatable bonds is 2. The van der Waals surface area contributed by atoms with Crippen LogP contribution in [0.3, 0.4) is 0 Å². The number of benzene rings is 1. The molecule has 16 heavy (non-hydrogen) atoms. The predicted octanol–water partition coefficient (Wildman–Crippen LogP) is 2.26. The number of aliphatic hydroxyl groups is 1. The molecule has 2 nitrogen and oxygen atoms in total. The van der Waals surface area contributed by atoms with Crippen LogP contribution in [0.1, 0.15) is 12.0 Å². The highest BCUT2D eigenvalue weighted by atomic mass is 32.2. The van der Waals surface area contributed by atoms with Crippen LogP contribution in [0.15, 0.2) is 18.2 Å². The van der Waals surface area contributed by atoms with Gasteiger partial charge in [0.05, 0.1) is 6.61 Å². The molecule has 0 aromatic heterocycles. The van der Waals surface area contributed by atoms with Crippen LogP contribution in [0.5, 0.6) is 0 Å². The van der Waals surface area contributed by atoms with Crippen LogP contribution in [0.2, 0.25) is 0 Å². The number of thioether (sulfide) groups is 1. The largest absolute Gasteiger partial charge is 0.392 e. The molecule has 0 bridgehead atoms. The number of nitrogens with zero attached hydrogens (tertiary/aromatic N) is 1. The summed E-state index contributed by atoms with van der Waals surface area (Å²) < 4.78 is 13.3. The van der Waals surface area contributed by atoms with Crippen molar-refractivity contribution in [2.24, 2.45) is 0 Å². The second-order valence-corrected chi connectivity index (χ2v) is 5.15. The third kappa shape index (κ3) is 2.89. The lowest BCUT2D eigenvalue weighted by Gasteiger charge is -2.22. The molecule has 1 aromatic carbocycles. The Morgan fingerprint density at radius 2 is 2.12 bits per heavy atom. The van der Waals surface area contributed by atoms with Gasteiger partial charge < -0.3 is 10.0 Å². The van der Waals surface area contributed by atoms with Gasteiger partial charge in [-0.3, -0.25) is 0 Å². The lowest BCUT2D eigenvalue weighted by atomic mass is 10.2. The zero-order chi connectivity index (χ0) is 11.4. The highest BCUT2D eigenvalue weighted by Gasteiger charge is 2.11. The van der Waals surface area contributed by atoms with Crippen molar-refractivity contribution in [1.29, 1.82) is 0 Å². The average molecular weight is 241 g/mol. The van der Waals surface area contributed by atoms with Crippen molar-refractivity contribution in [3.8, 4) is 0 Å². The van der Waals surface area contributed by atoms with Crippen molar-refractivity contribution in [3.05, 3.63) is 29.6 Å². The molecule has 0 saturated carbocycles. The van der Waals surface area contributed by atoms with Crippen LogP contribution in [-0.2, 0) is 6.61 Å². The minimum atomic E-state index is -0.265. The summed E-state index contributed by atoms with van der Waals surface area (Å²) in [5, 5.41) is 9.05. The number of hydrogen-bond acceptors (Lipinski definition) is 3. The van der Waals surface area contributed by atoms with E-state index in [9.17, 15) is 4.39 Å². The normalized spacial score (nSPS) is 17.2. The van der Waals surface area contributed by atoms with Crippen molar-refractivity contribution in [2.75, 3.05) is 29.5 Å². The Morgan fingerprint density at radius 1 is 1.25 bits per heavy atom. The molecule has 0 atom stereocenters. The fourth-order valence-electron chi connectivity index (χ4n) is 1.91. The minimum absolute atomic E-state index is 0.104. The minimum Gasteiger partial charge on any atom is -0.392 e. The molecule has 1 aliphatic rings. The molecule has 0 amide bonds. The van der Waals surface area contributed by atoms with Gasteiger partial charge in [0.2, 0.25) is 0 Å². The van der Waals surface area contributed by atoms with Crippen LogP contribution in [0.4, 0.5) is 10.1 Å². The molecular weight excluding hydrogens is 225 g/mol. The average Bonchev–Trinajstić information content (AvgIpc) is 2.56. The summed E-state index contributed by atoms with van der Waals surface area (Å²) in [7, 11) is 0. The monoisotopic (exact) mass is 241 g/mol. The van der Waals surface area contributed by atoms with Gasteiger partial charge in [0.1, 0.15) is 5.82 Å². The van der Waals surface area contributed by atoms with Gasteiger partial charge in [-0.1, -0.05) is 0 Å². The summed E-state index contributed by atoms with van der Waals surface area (Å²) in [6.45, 7) is 1.83. The molecule has 1 aliphatic heterocycles. The zero-order valence-electron chi connectivity index (χ0n) is 9.16. The molecule has 1 fully saturated rings. The van der Waals surface area contributed by atoms with Crippen LogP contribution in [0.25, 0.3) is 0 Å². The molecule has 1 aromatic rings. The lowest BCUT2D eigenvalue weighted by Crippen LogP contribution is -2.25. The van der Waals surface area contributed by atoms with Crippen molar-refractivity contribution < 1.29 is 9.50 Å². The lowest BCUT2D eigenvalue weighted by molar-refractivity contribution is 0.281. The molecule has 0 spiro atoms. The second-order valence-electron chi connectivity index (χ2n) is 3.93. The van der Waals surface area contributed by atoms with E-state index in [4.69, 9.17) is 5.11 Å². The number of anilines is 1. The Hall–Kier alpha value is -0.740. The summed E-state index contributed by atoms with van der Waals surface area (Å²) in [5.74, 6) is 2.00. The van der Waals surface area contributed by atoms with E-state index in [1.165, 1.54) is 11.8 Å². The molecule has 1 saturated heterocycles. The molecule has 1 heterocycles. The van der Waals surface area contributed by atoms with E-state index in [0.717, 1.165) is 31.0 Å². The fraction of sp³-hybridized carbons (Fsp3) is 0.500. The molecule has 88 valence electrons. The van der Waals surface area contributed by atoms with Gasteiger partial charge in [0.15, 0.2) is 0 Å². The SMILES string of the molecule is OCc1cc(F)cc(N2CCCSCC2)c1. The van der Waals surface area contributed by atoms with Gasteiger partial charge in [0, 0.05) is 24.5 Å². The maximum Gasteiger partial charge on any atom is 0.125 e. The first-order valence-electron chi connectivity index (χ1n) is 5.52. The van der Waals surface area contributed by atoms with E-state index in [0.29, 0.717) is 5.56 Å². The summed E-state index contributed by atoms with van der Waals surface area (Å²) >= 11 is 1.94. The molecule has 0 radical (unpaired) electrons. The van der Waals surface area contributed by atoms with Gasteiger partial charge in [-0.2, -0.15) is 11.8 Å². The van der Waals surface area contributed by atoms with E-state index in [1.54, 1.807) is 6.07 Å². The van der Waals surface area contributed by atoms with E-state index in [2.05, 4.69) is 4.90 Å². The highest BCUT2D eigenvalue weighted by Crippen LogP contribution is 2.22. The Bertz CT molecular complexity index is 351. The number of halogens is 1. The van der Waals surface area contributed by atoms with Crippen LogP contribution < -0.4 is 4.90 Å². The third-order valence-electron chi connectivity index (χ3n) is 2.71. The standard InChI is InChI=1S/C12H16FNOS/c13-11-6-10(9-15)7-12(8-11)14-2-1-4-16-5-3-14/h6-8,15H,1-5,9H2. The predicted molar refractivity (Wildman–Crippen MR) is 66.5 cm³/mol. The van der Waals surface area contributed by atoms with Gasteiger partial charge >= 0.3 is 0 Å². The topological polar surface area (TPSA) is 23.5 Å². The quantitative estimate of drug-likeness (QED) is 0.859. The zero-order valence-corrected chi connectivity index (χ0v) is 9.97. The summed E-state index contributed by atoms with van der Waals surface area (Å²) in [4.78, 5) is 2.20. The van der Waals surface area contributed by atoms with Crippen molar-refractivity contribution >= 4 is 17.4 Å². The molecule has 2 rings (SSSR count). The van der Waals surface area contributed by atoms with Gasteiger partial charge in [-0.05, 0) is 35.9 Å². The van der Waals surface area contributed by atoms with E-state index in [1.807, 2.05) is 17.8 Å². The number of hydrogen-bond donors (Lipinski definition) is 1. The smallest absolute Gasteiger partial charge is 0.125 e. The first-order chi connectivity index (χ1) is 7.79. The maximum atomic E-state index is 13.3. The highest BCUT2D eigenvalue weighted by molar-refractivity contribution is 7.99. The molecule has 1 N–H and O–H groups in total. The van der Waals surface area contributed by atoms with Crippen LogP contribution >= 0.6 is 11.8 Å². The maximum absolute atomic E-state index is 13.3. The second kappa shape index (κ2) is 5.55. The summed E-state index contributed by atoms with van der Waals surface area (Å²) in [6, 6.07) is 4.81. The van der Waals surface area contributed by atoms with Gasteiger partial charge in [-0.25, -0.2) is 4.39 Å². The molecule has 4 heteroatoms. The van der Waals surface area contributed by atoms with E-state index < -0.39 is 0 Å². The van der Waals surface area contributed by atoms with Crippen molar-refractivity contribution in [2.45, 2.75) is 13.0 Å². The van der Waals surface area contributed by atoms with Crippen LogP contribution in [-0.4, -0.2) is 29.7 Å². The van der Waals surface area contributed by atoms with Gasteiger partial charge in [-0.15, -0.1) is 0 Å². The van der Waals surface area contributed by atoms with Crippen molar-refractivity contribution in [3.63, 3.8) is 0 Å². The summed E-state index contributed by atoms with van der Waals surface area (Å²) in [6.07, 6.45) is 1.13. The fourth-order valence-corrected chi connectivity index (χ4v) is 2.80. The Kier molecular flexibility index (Phi) is 4.07. The first kappa shape index (κ1) is 11.7. The van der Waals surface area contributed by atoms with Gasteiger partial charge in [0.25, 0.3) is 0 Å². The Morgan fingerprint density at radius 3 is 2.94 bits per heavy atom.